The SMILES string of the molecule is O=C(CSCc1ccc(C(=O)NCc2cccnc2)cc1)Nc1ccccc1. The third kappa shape index (κ3) is 6.25. The minimum atomic E-state index is -0.120. The Balaban J connectivity index is 1.41. The Labute approximate surface area is 168 Å². The van der Waals surface area contributed by atoms with E-state index < -0.39 is 0 Å². The highest BCUT2D eigenvalue weighted by Crippen LogP contribution is 2.14. The van der Waals surface area contributed by atoms with Gasteiger partial charge in [-0.2, -0.15) is 0 Å². The Kier molecular flexibility index (Phi) is 7.21. The summed E-state index contributed by atoms with van der Waals surface area (Å²) in [4.78, 5) is 28.2. The first kappa shape index (κ1) is 19.6. The maximum absolute atomic E-state index is 12.2. The number of hydrogen-bond acceptors (Lipinski definition) is 4. The molecule has 0 unspecified atom stereocenters. The lowest BCUT2D eigenvalue weighted by Gasteiger charge is -2.07. The molecule has 2 amide bonds. The zero-order chi connectivity index (χ0) is 19.6. The number of para-hydroxylation sites is 1. The third-order valence-corrected chi connectivity index (χ3v) is 4.96. The van der Waals surface area contributed by atoms with Gasteiger partial charge in [-0.1, -0.05) is 36.4 Å². The second kappa shape index (κ2) is 10.3. The number of anilines is 1. The van der Waals surface area contributed by atoms with Gasteiger partial charge in [-0.3, -0.25) is 14.6 Å². The van der Waals surface area contributed by atoms with Gasteiger partial charge in [0.2, 0.25) is 5.91 Å². The lowest BCUT2D eigenvalue weighted by atomic mass is 10.1. The van der Waals surface area contributed by atoms with Gasteiger partial charge >= 0.3 is 0 Å². The fraction of sp³-hybridized carbons (Fsp3) is 0.136. The minimum absolute atomic E-state index is 0.0254. The molecule has 0 aliphatic rings. The van der Waals surface area contributed by atoms with Gasteiger partial charge in [0.15, 0.2) is 0 Å². The van der Waals surface area contributed by atoms with E-state index in [1.807, 2.05) is 54.6 Å². The van der Waals surface area contributed by atoms with Crippen molar-refractivity contribution in [2.75, 3.05) is 11.1 Å². The highest BCUT2D eigenvalue weighted by molar-refractivity contribution is 7.99. The Hall–Kier alpha value is -3.12. The molecule has 0 saturated carbocycles. The van der Waals surface area contributed by atoms with Crippen molar-refractivity contribution < 1.29 is 9.59 Å². The van der Waals surface area contributed by atoms with Crippen molar-refractivity contribution in [3.63, 3.8) is 0 Å². The Morgan fingerprint density at radius 2 is 1.68 bits per heavy atom. The van der Waals surface area contributed by atoms with Gasteiger partial charge in [-0.25, -0.2) is 0 Å². The summed E-state index contributed by atoms with van der Waals surface area (Å²) in [5.41, 5.74) is 3.44. The molecule has 2 aromatic carbocycles. The normalized spacial score (nSPS) is 10.3. The van der Waals surface area contributed by atoms with E-state index >= 15 is 0 Å². The van der Waals surface area contributed by atoms with Gasteiger partial charge in [-0.15, -0.1) is 11.8 Å². The summed E-state index contributed by atoms with van der Waals surface area (Å²) in [6.45, 7) is 0.445. The zero-order valence-corrected chi connectivity index (χ0v) is 16.1. The molecule has 142 valence electrons. The van der Waals surface area contributed by atoms with E-state index in [0.29, 0.717) is 23.6 Å². The maximum atomic E-state index is 12.2. The molecule has 0 atom stereocenters. The summed E-state index contributed by atoms with van der Waals surface area (Å²) in [6, 6.07) is 20.6. The number of carbonyl (C=O) groups is 2. The van der Waals surface area contributed by atoms with Crippen LogP contribution in [0.2, 0.25) is 0 Å². The summed E-state index contributed by atoms with van der Waals surface area (Å²) >= 11 is 1.54. The predicted molar refractivity (Wildman–Crippen MR) is 113 cm³/mol. The first-order chi connectivity index (χ1) is 13.7. The lowest BCUT2D eigenvalue weighted by Crippen LogP contribution is -2.22. The summed E-state index contributed by atoms with van der Waals surface area (Å²) in [6.07, 6.45) is 3.43. The first-order valence-electron chi connectivity index (χ1n) is 8.89. The van der Waals surface area contributed by atoms with Crippen LogP contribution in [0.15, 0.2) is 79.1 Å². The van der Waals surface area contributed by atoms with Crippen LogP contribution < -0.4 is 10.6 Å². The van der Waals surface area contributed by atoms with E-state index in [4.69, 9.17) is 0 Å². The van der Waals surface area contributed by atoms with Gasteiger partial charge in [0, 0.05) is 35.9 Å². The Morgan fingerprint density at radius 1 is 0.893 bits per heavy atom. The molecule has 3 rings (SSSR count). The highest BCUT2D eigenvalue weighted by atomic mass is 32.2. The largest absolute Gasteiger partial charge is 0.348 e. The molecular weight excluding hydrogens is 370 g/mol. The number of nitrogens with one attached hydrogen (secondary N) is 2. The summed E-state index contributed by atoms with van der Waals surface area (Å²) in [7, 11) is 0. The smallest absolute Gasteiger partial charge is 0.251 e. The topological polar surface area (TPSA) is 71.1 Å². The highest BCUT2D eigenvalue weighted by Gasteiger charge is 2.06. The molecule has 0 spiro atoms. The summed E-state index contributed by atoms with van der Waals surface area (Å²) in [5.74, 6) is 0.940. The molecule has 0 fully saturated rings. The van der Waals surface area contributed by atoms with Crippen LogP contribution in [0, 0.1) is 0 Å². The lowest BCUT2D eigenvalue weighted by molar-refractivity contribution is -0.113. The van der Waals surface area contributed by atoms with E-state index in [-0.39, 0.29) is 11.8 Å². The average molecular weight is 391 g/mol. The van der Waals surface area contributed by atoms with Crippen molar-refractivity contribution in [3.8, 4) is 0 Å². The fourth-order valence-corrected chi connectivity index (χ4v) is 3.31. The average Bonchev–Trinajstić information content (AvgIpc) is 2.74. The second-order valence-corrected chi connectivity index (χ2v) is 7.13. The van der Waals surface area contributed by atoms with Gasteiger partial charge in [0.1, 0.15) is 0 Å². The van der Waals surface area contributed by atoms with Crippen molar-refractivity contribution in [2.45, 2.75) is 12.3 Å². The van der Waals surface area contributed by atoms with Gasteiger partial charge in [-0.05, 0) is 41.5 Å². The molecular formula is C22H21N3O2S. The molecule has 0 aliphatic carbocycles. The van der Waals surface area contributed by atoms with E-state index in [1.165, 1.54) is 11.8 Å². The zero-order valence-electron chi connectivity index (χ0n) is 15.3. The molecule has 2 N–H and O–H groups in total. The molecule has 6 heteroatoms. The Morgan fingerprint density at radius 3 is 2.39 bits per heavy atom. The molecule has 0 aliphatic heterocycles. The van der Waals surface area contributed by atoms with Crippen molar-refractivity contribution in [3.05, 3.63) is 95.8 Å². The molecule has 28 heavy (non-hydrogen) atoms. The monoisotopic (exact) mass is 391 g/mol. The van der Waals surface area contributed by atoms with Crippen LogP contribution in [0.25, 0.3) is 0 Å². The Bertz CT molecular complexity index is 900. The van der Waals surface area contributed by atoms with Crippen LogP contribution in [-0.4, -0.2) is 22.6 Å². The number of pyridine rings is 1. The van der Waals surface area contributed by atoms with Gasteiger partial charge in [0.05, 0.1) is 5.75 Å². The maximum Gasteiger partial charge on any atom is 0.251 e. The number of carbonyl (C=O) groups excluding carboxylic acids is 2. The van der Waals surface area contributed by atoms with Crippen LogP contribution in [-0.2, 0) is 17.1 Å². The molecule has 1 heterocycles. The van der Waals surface area contributed by atoms with E-state index in [2.05, 4.69) is 15.6 Å². The van der Waals surface area contributed by atoms with Crippen LogP contribution >= 0.6 is 11.8 Å². The fourth-order valence-electron chi connectivity index (χ4n) is 2.52. The van der Waals surface area contributed by atoms with Crippen molar-refractivity contribution in [1.29, 1.82) is 0 Å². The summed E-state index contributed by atoms with van der Waals surface area (Å²) < 4.78 is 0. The van der Waals surface area contributed by atoms with Crippen molar-refractivity contribution in [1.82, 2.24) is 10.3 Å². The quantitative estimate of drug-likeness (QED) is 0.611. The number of aromatic nitrogens is 1. The molecule has 0 bridgehead atoms. The second-order valence-electron chi connectivity index (χ2n) is 6.15. The minimum Gasteiger partial charge on any atom is -0.348 e. The standard InChI is InChI=1S/C22H21N3O2S/c26-21(25-20-6-2-1-3-7-20)16-28-15-17-8-10-19(11-9-17)22(27)24-14-18-5-4-12-23-13-18/h1-13H,14-16H2,(H,24,27)(H,25,26). The predicted octanol–water partition coefficient (Wildman–Crippen LogP) is 3.88. The van der Waals surface area contributed by atoms with Crippen LogP contribution in [0.1, 0.15) is 21.5 Å². The molecule has 5 nitrogen and oxygen atoms in total. The van der Waals surface area contributed by atoms with E-state index in [0.717, 1.165) is 16.8 Å². The number of rotatable bonds is 8. The molecule has 0 saturated heterocycles. The first-order valence-corrected chi connectivity index (χ1v) is 10.0. The third-order valence-electron chi connectivity index (χ3n) is 3.95. The van der Waals surface area contributed by atoms with Crippen LogP contribution in [0.5, 0.6) is 0 Å². The van der Waals surface area contributed by atoms with Gasteiger partial charge < -0.3 is 10.6 Å². The molecule has 1 aromatic heterocycles. The molecule has 3 aromatic rings. The number of benzene rings is 2. The van der Waals surface area contributed by atoms with Crippen LogP contribution in [0.4, 0.5) is 5.69 Å². The van der Waals surface area contributed by atoms with Crippen molar-refractivity contribution >= 4 is 29.3 Å². The van der Waals surface area contributed by atoms with Crippen LogP contribution in [0.3, 0.4) is 0 Å². The van der Waals surface area contributed by atoms with E-state index in [1.54, 1.807) is 24.5 Å². The number of hydrogen-bond donors (Lipinski definition) is 2. The summed E-state index contributed by atoms with van der Waals surface area (Å²) in [5, 5.41) is 5.74. The number of thioether (sulfide) groups is 1. The van der Waals surface area contributed by atoms with Gasteiger partial charge in [0.25, 0.3) is 5.91 Å². The number of nitrogens with zero attached hydrogens (tertiary/aromatic N) is 1. The molecule has 0 radical (unpaired) electrons. The van der Waals surface area contributed by atoms with E-state index in [9.17, 15) is 9.59 Å². The van der Waals surface area contributed by atoms with Crippen molar-refractivity contribution in [2.24, 2.45) is 0 Å². The number of amides is 2.